The maximum Gasteiger partial charge on any atom is 0.119 e. The number of rotatable bonds is 2. The third kappa shape index (κ3) is 1.54. The smallest absolute Gasteiger partial charge is 0.119 e. The fraction of sp³-hybridized carbons (Fsp3) is 0.125. The Labute approximate surface area is 116 Å². The van der Waals surface area contributed by atoms with Gasteiger partial charge in [-0.2, -0.15) is 5.10 Å². The zero-order valence-corrected chi connectivity index (χ0v) is 11.1. The van der Waals surface area contributed by atoms with Gasteiger partial charge in [0.15, 0.2) is 0 Å². The summed E-state index contributed by atoms with van der Waals surface area (Å²) >= 11 is 0. The Hall–Kier alpha value is -2.62. The largest absolute Gasteiger partial charge is 0.497 e. The van der Waals surface area contributed by atoms with Gasteiger partial charge in [0.2, 0.25) is 0 Å². The van der Waals surface area contributed by atoms with Crippen LogP contribution in [-0.2, 0) is 6.42 Å². The summed E-state index contributed by atoms with van der Waals surface area (Å²) in [6.45, 7) is 0. The van der Waals surface area contributed by atoms with E-state index in [-0.39, 0.29) is 0 Å². The van der Waals surface area contributed by atoms with Gasteiger partial charge < -0.3 is 4.74 Å². The lowest BCUT2D eigenvalue weighted by atomic mass is 10.1. The van der Waals surface area contributed by atoms with Crippen LogP contribution in [0.15, 0.2) is 42.6 Å². The van der Waals surface area contributed by atoms with E-state index in [0.717, 1.165) is 29.3 Å². The van der Waals surface area contributed by atoms with E-state index >= 15 is 0 Å². The number of methoxy groups -OCH3 is 1. The van der Waals surface area contributed by atoms with Gasteiger partial charge in [-0.3, -0.25) is 10.1 Å². The fourth-order valence-electron chi connectivity index (χ4n) is 2.75. The van der Waals surface area contributed by atoms with Crippen molar-refractivity contribution in [1.82, 2.24) is 15.2 Å². The van der Waals surface area contributed by atoms with E-state index < -0.39 is 0 Å². The molecule has 98 valence electrons. The topological polar surface area (TPSA) is 50.8 Å². The molecular formula is C16H13N3O. The highest BCUT2D eigenvalue weighted by molar-refractivity contribution is 5.80. The molecule has 0 amide bonds. The van der Waals surface area contributed by atoms with Crippen LogP contribution in [0.4, 0.5) is 0 Å². The summed E-state index contributed by atoms with van der Waals surface area (Å²) in [7, 11) is 1.69. The molecule has 2 heterocycles. The molecule has 2 aromatic heterocycles. The second-order valence-corrected chi connectivity index (χ2v) is 4.84. The van der Waals surface area contributed by atoms with Crippen LogP contribution in [0.1, 0.15) is 11.1 Å². The zero-order valence-electron chi connectivity index (χ0n) is 11.1. The lowest BCUT2D eigenvalue weighted by molar-refractivity contribution is 0.414. The van der Waals surface area contributed by atoms with Crippen LogP contribution in [-0.4, -0.2) is 22.3 Å². The highest BCUT2D eigenvalue weighted by Gasteiger charge is 2.25. The quantitative estimate of drug-likeness (QED) is 0.604. The number of H-pyrrole nitrogens is 1. The number of pyridine rings is 1. The Morgan fingerprint density at radius 3 is 2.95 bits per heavy atom. The van der Waals surface area contributed by atoms with Gasteiger partial charge in [-0.25, -0.2) is 0 Å². The number of fused-ring (bicyclic) bond motifs is 3. The van der Waals surface area contributed by atoms with E-state index in [1.165, 1.54) is 16.7 Å². The van der Waals surface area contributed by atoms with Crippen LogP contribution in [0.2, 0.25) is 0 Å². The Morgan fingerprint density at radius 2 is 2.15 bits per heavy atom. The molecule has 0 aliphatic heterocycles. The van der Waals surface area contributed by atoms with Crippen molar-refractivity contribution in [3.05, 3.63) is 53.7 Å². The number of nitrogens with zero attached hydrogens (tertiary/aromatic N) is 2. The van der Waals surface area contributed by atoms with Crippen molar-refractivity contribution in [1.29, 1.82) is 0 Å². The molecule has 4 heteroatoms. The number of aromatic nitrogens is 3. The highest BCUT2D eigenvalue weighted by Crippen LogP contribution is 2.40. The van der Waals surface area contributed by atoms with E-state index in [0.29, 0.717) is 0 Å². The summed E-state index contributed by atoms with van der Waals surface area (Å²) in [5, 5.41) is 7.58. The van der Waals surface area contributed by atoms with E-state index in [1.54, 1.807) is 13.3 Å². The van der Waals surface area contributed by atoms with Gasteiger partial charge >= 0.3 is 0 Å². The third-order valence-electron chi connectivity index (χ3n) is 3.72. The van der Waals surface area contributed by atoms with E-state index in [1.807, 2.05) is 24.3 Å². The van der Waals surface area contributed by atoms with Gasteiger partial charge in [0.05, 0.1) is 24.2 Å². The van der Waals surface area contributed by atoms with Crippen LogP contribution in [0.25, 0.3) is 22.6 Å². The zero-order chi connectivity index (χ0) is 13.5. The van der Waals surface area contributed by atoms with Crippen molar-refractivity contribution in [2.24, 2.45) is 0 Å². The molecule has 0 saturated heterocycles. The predicted molar refractivity (Wildman–Crippen MR) is 76.6 cm³/mol. The average Bonchev–Trinajstić information content (AvgIpc) is 3.06. The number of ether oxygens (including phenoxy) is 1. The van der Waals surface area contributed by atoms with Crippen molar-refractivity contribution in [3.63, 3.8) is 0 Å². The maximum atomic E-state index is 5.29. The van der Waals surface area contributed by atoms with Crippen molar-refractivity contribution in [3.8, 4) is 28.4 Å². The summed E-state index contributed by atoms with van der Waals surface area (Å²) in [6, 6.07) is 12.0. The molecule has 4 rings (SSSR count). The first-order chi connectivity index (χ1) is 9.86. The van der Waals surface area contributed by atoms with Gasteiger partial charge in [0, 0.05) is 23.7 Å². The molecule has 3 aromatic rings. The van der Waals surface area contributed by atoms with Crippen molar-refractivity contribution >= 4 is 0 Å². The second kappa shape index (κ2) is 4.20. The molecule has 1 N–H and O–H groups in total. The summed E-state index contributed by atoms with van der Waals surface area (Å²) in [5.74, 6) is 0.886. The van der Waals surface area contributed by atoms with Crippen LogP contribution in [0, 0.1) is 0 Å². The van der Waals surface area contributed by atoms with Crippen LogP contribution >= 0.6 is 0 Å². The first kappa shape index (κ1) is 11.2. The predicted octanol–water partition coefficient (Wildman–Crippen LogP) is 3.05. The second-order valence-electron chi connectivity index (χ2n) is 4.84. The molecule has 4 nitrogen and oxygen atoms in total. The molecule has 0 unspecified atom stereocenters. The average molecular weight is 263 g/mol. The molecule has 0 bridgehead atoms. The summed E-state index contributed by atoms with van der Waals surface area (Å²) in [6.07, 6.45) is 2.66. The highest BCUT2D eigenvalue weighted by atomic mass is 16.5. The minimum absolute atomic E-state index is 0.865. The standard InChI is InChI=1S/C16H13N3O/c1-20-11-5-6-12-10(8-11)9-13-15(12)18-19-16(13)14-4-2-3-7-17-14/h2-8H,9H2,1H3,(H,18,19). The van der Waals surface area contributed by atoms with Crippen molar-refractivity contribution in [2.75, 3.05) is 7.11 Å². The lowest BCUT2D eigenvalue weighted by Gasteiger charge is -2.03. The van der Waals surface area contributed by atoms with E-state index in [4.69, 9.17) is 4.74 Å². The Kier molecular flexibility index (Phi) is 2.36. The van der Waals surface area contributed by atoms with Crippen molar-refractivity contribution in [2.45, 2.75) is 6.42 Å². The van der Waals surface area contributed by atoms with E-state index in [9.17, 15) is 0 Å². The van der Waals surface area contributed by atoms with Crippen molar-refractivity contribution < 1.29 is 4.74 Å². The summed E-state index contributed by atoms with van der Waals surface area (Å²) in [5.41, 5.74) is 6.62. The molecule has 0 radical (unpaired) electrons. The van der Waals surface area contributed by atoms with Gasteiger partial charge in [-0.15, -0.1) is 0 Å². The molecule has 0 spiro atoms. The Bertz CT molecular complexity index is 778. The Morgan fingerprint density at radius 1 is 1.20 bits per heavy atom. The van der Waals surface area contributed by atoms with Gasteiger partial charge in [0.25, 0.3) is 0 Å². The van der Waals surface area contributed by atoms with Crippen LogP contribution in [0.3, 0.4) is 0 Å². The minimum atomic E-state index is 0.865. The third-order valence-corrected chi connectivity index (χ3v) is 3.72. The van der Waals surface area contributed by atoms with Gasteiger partial charge in [-0.1, -0.05) is 6.07 Å². The number of nitrogens with one attached hydrogen (secondary N) is 1. The molecule has 20 heavy (non-hydrogen) atoms. The SMILES string of the molecule is COc1ccc2c(c1)Cc1c-2n[nH]c1-c1ccccn1. The van der Waals surface area contributed by atoms with Crippen LogP contribution < -0.4 is 4.74 Å². The maximum absolute atomic E-state index is 5.29. The number of aromatic amines is 1. The Balaban J connectivity index is 1.84. The molecule has 0 atom stereocenters. The molecule has 1 aliphatic rings. The summed E-state index contributed by atoms with van der Waals surface area (Å²) < 4.78 is 5.29. The molecule has 1 aromatic carbocycles. The van der Waals surface area contributed by atoms with Crippen LogP contribution in [0.5, 0.6) is 5.75 Å². The first-order valence-electron chi connectivity index (χ1n) is 6.53. The molecule has 0 saturated carbocycles. The monoisotopic (exact) mass is 263 g/mol. The summed E-state index contributed by atoms with van der Waals surface area (Å²) in [4.78, 5) is 4.40. The van der Waals surface area contributed by atoms with Gasteiger partial charge in [0.1, 0.15) is 5.75 Å². The lowest BCUT2D eigenvalue weighted by Crippen LogP contribution is -1.90. The fourth-order valence-corrected chi connectivity index (χ4v) is 2.75. The van der Waals surface area contributed by atoms with Gasteiger partial charge in [-0.05, 0) is 35.9 Å². The van der Waals surface area contributed by atoms with E-state index in [2.05, 4.69) is 27.3 Å². The normalized spacial score (nSPS) is 12.1. The first-order valence-corrected chi connectivity index (χ1v) is 6.53. The number of benzene rings is 1. The minimum Gasteiger partial charge on any atom is -0.497 e. The molecule has 1 aliphatic carbocycles. The number of hydrogen-bond donors (Lipinski definition) is 1. The molecule has 0 fully saturated rings. The number of hydrogen-bond acceptors (Lipinski definition) is 3. The molecular weight excluding hydrogens is 250 g/mol.